The van der Waals surface area contributed by atoms with E-state index in [2.05, 4.69) is 11.3 Å². The van der Waals surface area contributed by atoms with Crippen LogP contribution in [-0.2, 0) is 24.4 Å². The van der Waals surface area contributed by atoms with Gasteiger partial charge in [0.25, 0.3) is 0 Å². The van der Waals surface area contributed by atoms with Crippen molar-refractivity contribution in [3.05, 3.63) is 12.2 Å². The largest absolute Gasteiger partial charge is 0.456 e. The summed E-state index contributed by atoms with van der Waals surface area (Å²) in [5, 5.41) is -4.44. The molecule has 0 amide bonds. The molecule has 0 aromatic carbocycles. The summed E-state index contributed by atoms with van der Waals surface area (Å²) < 4.78 is 64.3. The van der Waals surface area contributed by atoms with Gasteiger partial charge in [0, 0.05) is 0 Å². The maximum absolute atomic E-state index is 12.9. The average molecular weight is 328 g/mol. The van der Waals surface area contributed by atoms with E-state index in [-0.39, 0.29) is 5.57 Å². The minimum absolute atomic E-state index is 0.200. The zero-order valence-electron chi connectivity index (χ0n) is 11.6. The summed E-state index contributed by atoms with van der Waals surface area (Å²) in [7, 11) is -5.55. The van der Waals surface area contributed by atoms with Crippen LogP contribution >= 0.6 is 0 Å². The topological polar surface area (TPSA) is 89.9 Å². The Morgan fingerprint density at radius 3 is 2.38 bits per heavy atom. The number of alkyl halides is 2. The van der Waals surface area contributed by atoms with Gasteiger partial charge in [0.2, 0.25) is 0 Å². The first-order valence-electron chi connectivity index (χ1n) is 6.31. The van der Waals surface area contributed by atoms with Crippen molar-refractivity contribution in [2.24, 2.45) is 0 Å². The first-order valence-corrected chi connectivity index (χ1v) is 7.75. The molecule has 9 heteroatoms. The zero-order valence-corrected chi connectivity index (χ0v) is 12.4. The van der Waals surface area contributed by atoms with Crippen LogP contribution in [0.2, 0.25) is 0 Å². The Morgan fingerprint density at radius 1 is 1.38 bits per heavy atom. The number of hydrogen-bond donors (Lipinski definition) is 1. The van der Waals surface area contributed by atoms with E-state index in [1.807, 2.05) is 0 Å². The minimum Gasteiger partial charge on any atom is -0.456 e. The smallest absolute Gasteiger partial charge is 0.392 e. The third-order valence-electron chi connectivity index (χ3n) is 3.21. The van der Waals surface area contributed by atoms with Crippen LogP contribution in [0.25, 0.3) is 0 Å². The SMILES string of the molecule is C=C(COCC(F)(F)S(=O)(=O)O)C(=O)OC1(C)CCCC1. The molecule has 6 nitrogen and oxygen atoms in total. The summed E-state index contributed by atoms with van der Waals surface area (Å²) >= 11 is 0. The predicted molar refractivity (Wildman–Crippen MR) is 69.4 cm³/mol. The second-order valence-corrected chi connectivity index (χ2v) is 6.80. The van der Waals surface area contributed by atoms with Crippen molar-refractivity contribution in [3.8, 4) is 0 Å². The highest BCUT2D eigenvalue weighted by Gasteiger charge is 2.44. The Hall–Kier alpha value is -1.06. The molecule has 1 aliphatic carbocycles. The molecule has 1 rings (SSSR count). The summed E-state index contributed by atoms with van der Waals surface area (Å²) in [4.78, 5) is 11.7. The Balaban J connectivity index is 2.42. The van der Waals surface area contributed by atoms with E-state index in [0.29, 0.717) is 12.8 Å². The number of rotatable bonds is 7. The second-order valence-electron chi connectivity index (χ2n) is 5.26. The summed E-state index contributed by atoms with van der Waals surface area (Å²) in [5.41, 5.74) is -0.785. The van der Waals surface area contributed by atoms with Crippen LogP contribution in [0.4, 0.5) is 8.78 Å². The first-order chi connectivity index (χ1) is 9.47. The number of hydrogen-bond acceptors (Lipinski definition) is 5. The third kappa shape index (κ3) is 5.01. The summed E-state index contributed by atoms with van der Waals surface area (Å²) in [5.74, 6) is -0.769. The normalized spacial score (nSPS) is 18.5. The van der Waals surface area contributed by atoms with Crippen molar-refractivity contribution < 1.29 is 36.0 Å². The maximum Gasteiger partial charge on any atom is 0.392 e. The first kappa shape index (κ1) is 18.0. The van der Waals surface area contributed by atoms with Crippen LogP contribution in [-0.4, -0.2) is 43.0 Å². The molecule has 21 heavy (non-hydrogen) atoms. The van der Waals surface area contributed by atoms with Gasteiger partial charge in [-0.25, -0.2) is 4.79 Å². The quantitative estimate of drug-likeness (QED) is 0.436. The van der Waals surface area contributed by atoms with Crippen LogP contribution in [0, 0.1) is 0 Å². The lowest BCUT2D eigenvalue weighted by Gasteiger charge is -2.24. The van der Waals surface area contributed by atoms with Gasteiger partial charge in [0.15, 0.2) is 0 Å². The Bertz CT molecular complexity index is 508. The van der Waals surface area contributed by atoms with Gasteiger partial charge in [-0.3, -0.25) is 4.55 Å². The Labute approximate surface area is 121 Å². The summed E-state index contributed by atoms with van der Waals surface area (Å²) in [6.07, 6.45) is 3.31. The minimum atomic E-state index is -5.55. The van der Waals surface area contributed by atoms with Gasteiger partial charge in [-0.05, 0) is 32.6 Å². The van der Waals surface area contributed by atoms with Crippen molar-refractivity contribution >= 4 is 16.1 Å². The number of carbonyl (C=O) groups excluding carboxylic acids is 1. The number of esters is 1. The monoisotopic (exact) mass is 328 g/mol. The van der Waals surface area contributed by atoms with Gasteiger partial charge in [0.05, 0.1) is 12.2 Å². The predicted octanol–water partition coefficient (Wildman–Crippen LogP) is 1.92. The summed E-state index contributed by atoms with van der Waals surface area (Å²) in [6, 6.07) is 0. The molecular formula is C12H18F2O6S. The molecule has 0 aromatic rings. The molecule has 0 radical (unpaired) electrons. The molecule has 1 fully saturated rings. The highest BCUT2D eigenvalue weighted by Crippen LogP contribution is 2.33. The van der Waals surface area contributed by atoms with Crippen LogP contribution in [0.1, 0.15) is 32.6 Å². The van der Waals surface area contributed by atoms with Crippen LogP contribution in [0.15, 0.2) is 12.2 Å². The van der Waals surface area contributed by atoms with E-state index in [9.17, 15) is 22.0 Å². The molecule has 1 aliphatic rings. The fourth-order valence-electron chi connectivity index (χ4n) is 1.95. The van der Waals surface area contributed by atoms with Crippen molar-refractivity contribution in [2.45, 2.75) is 43.5 Å². The van der Waals surface area contributed by atoms with Gasteiger partial charge in [-0.2, -0.15) is 17.2 Å². The second kappa shape index (κ2) is 6.37. The molecule has 0 saturated heterocycles. The van der Waals surface area contributed by atoms with Crippen LogP contribution in [0.5, 0.6) is 0 Å². The average Bonchev–Trinajstić information content (AvgIpc) is 2.73. The van der Waals surface area contributed by atoms with E-state index < -0.39 is 40.2 Å². The zero-order chi connectivity index (χ0) is 16.3. The third-order valence-corrected chi connectivity index (χ3v) is 4.09. The number of ether oxygens (including phenoxy) is 2. The molecular weight excluding hydrogens is 310 g/mol. The molecule has 0 aromatic heterocycles. The van der Waals surface area contributed by atoms with Crippen LogP contribution in [0.3, 0.4) is 0 Å². The standard InChI is InChI=1S/C12H18F2O6S/c1-9(7-19-8-12(13,14)21(16,17)18)10(15)20-11(2)5-3-4-6-11/h1,3-8H2,2H3,(H,16,17,18). The lowest BCUT2D eigenvalue weighted by Crippen LogP contribution is -2.34. The van der Waals surface area contributed by atoms with E-state index in [0.717, 1.165) is 12.8 Å². The maximum atomic E-state index is 12.9. The Morgan fingerprint density at radius 2 is 1.90 bits per heavy atom. The van der Waals surface area contributed by atoms with Crippen molar-refractivity contribution in [2.75, 3.05) is 13.2 Å². The number of halogens is 2. The van der Waals surface area contributed by atoms with Gasteiger partial charge in [-0.1, -0.05) is 6.58 Å². The van der Waals surface area contributed by atoms with Gasteiger partial charge < -0.3 is 9.47 Å². The van der Waals surface area contributed by atoms with Crippen molar-refractivity contribution in [3.63, 3.8) is 0 Å². The molecule has 0 heterocycles. The van der Waals surface area contributed by atoms with E-state index in [1.54, 1.807) is 6.92 Å². The lowest BCUT2D eigenvalue weighted by atomic mass is 10.1. The Kier molecular flexibility index (Phi) is 5.46. The molecule has 0 aliphatic heterocycles. The van der Waals surface area contributed by atoms with Gasteiger partial charge in [-0.15, -0.1) is 0 Å². The van der Waals surface area contributed by atoms with Crippen LogP contribution < -0.4 is 0 Å². The highest BCUT2D eigenvalue weighted by atomic mass is 32.2. The molecule has 0 unspecified atom stereocenters. The van der Waals surface area contributed by atoms with Gasteiger partial charge >= 0.3 is 21.3 Å². The van der Waals surface area contributed by atoms with E-state index in [1.165, 1.54) is 0 Å². The molecule has 0 bridgehead atoms. The molecule has 1 N–H and O–H groups in total. The van der Waals surface area contributed by atoms with Crippen molar-refractivity contribution in [1.82, 2.24) is 0 Å². The molecule has 122 valence electrons. The van der Waals surface area contributed by atoms with Crippen molar-refractivity contribution in [1.29, 1.82) is 0 Å². The highest BCUT2D eigenvalue weighted by molar-refractivity contribution is 7.86. The fourth-order valence-corrected chi connectivity index (χ4v) is 2.18. The molecule has 1 saturated carbocycles. The van der Waals surface area contributed by atoms with E-state index >= 15 is 0 Å². The lowest BCUT2D eigenvalue weighted by molar-refractivity contribution is -0.153. The fraction of sp³-hybridized carbons (Fsp3) is 0.750. The molecule has 0 spiro atoms. The van der Waals surface area contributed by atoms with Gasteiger partial charge in [0.1, 0.15) is 12.2 Å². The molecule has 0 atom stereocenters. The summed E-state index contributed by atoms with van der Waals surface area (Å²) in [6.45, 7) is 2.94. The number of carbonyl (C=O) groups is 1. The van der Waals surface area contributed by atoms with E-state index in [4.69, 9.17) is 9.29 Å².